The molecule has 0 aromatic rings. The van der Waals surface area contributed by atoms with Crippen molar-refractivity contribution in [3.8, 4) is 0 Å². The van der Waals surface area contributed by atoms with Crippen LogP contribution in [0.1, 0.15) is 46.0 Å². The maximum Gasteiger partial charge on any atom is 1.42 e. The maximum atomic E-state index is 2.31. The summed E-state index contributed by atoms with van der Waals surface area (Å²) in [7, 11) is 0. The molecule has 1 nitrogen and oxygen atoms in total. The molecular formula is C8H17MgO. The summed E-state index contributed by atoms with van der Waals surface area (Å²) < 4.78 is 0.932. The zero-order valence-corrected chi connectivity index (χ0v) is 8.64. The lowest BCUT2D eigenvalue weighted by Crippen LogP contribution is -1.85. The molecule has 0 amide bonds. The number of hydrogen-bond donors (Lipinski definition) is 0. The standard InChI is InChI=1S/C8H17.Mg.O/c1-3-5-7-8-6-4-2;;/h3H,4-8H2,1-2H3;;/q;+2;-2. The average molecular weight is 154 g/mol. The molecule has 57 valence electrons. The molecule has 0 aromatic heterocycles. The van der Waals surface area contributed by atoms with Crippen molar-refractivity contribution in [2.24, 2.45) is 0 Å². The van der Waals surface area contributed by atoms with Gasteiger partial charge in [-0.2, -0.15) is 0 Å². The van der Waals surface area contributed by atoms with Gasteiger partial charge in [0.15, 0.2) is 0 Å². The molecule has 10 heavy (non-hydrogen) atoms. The van der Waals surface area contributed by atoms with Gasteiger partial charge in [0.05, 0.1) is 0 Å². The van der Waals surface area contributed by atoms with Gasteiger partial charge in [-0.1, -0.05) is 26.2 Å². The molecule has 0 saturated carbocycles. The fourth-order valence-electron chi connectivity index (χ4n) is 0.920. The van der Waals surface area contributed by atoms with Gasteiger partial charge in [-0.05, 0) is 6.42 Å². The zero-order valence-electron chi connectivity index (χ0n) is 7.23. The third kappa shape index (κ3) is 11.5. The molecule has 0 heterocycles. The van der Waals surface area contributed by atoms with E-state index in [0.717, 1.165) is 4.05 Å². The van der Waals surface area contributed by atoms with Crippen molar-refractivity contribution < 1.29 is 5.48 Å². The van der Waals surface area contributed by atoms with Crippen molar-refractivity contribution >= 4 is 21.7 Å². The van der Waals surface area contributed by atoms with Crippen LogP contribution >= 0.6 is 0 Å². The van der Waals surface area contributed by atoms with Crippen LogP contribution in [0.2, 0.25) is 4.05 Å². The minimum absolute atomic E-state index is 0. The maximum absolute atomic E-state index is 2.31. The molecule has 1 unspecified atom stereocenters. The first kappa shape index (κ1) is 13.3. The Labute approximate surface area is 77.3 Å². The van der Waals surface area contributed by atoms with Gasteiger partial charge >= 0.3 is 21.7 Å². The van der Waals surface area contributed by atoms with Crippen molar-refractivity contribution in [2.45, 2.75) is 50.0 Å². The first-order valence-corrected chi connectivity index (χ1v) is 4.92. The number of unbranched alkanes of at least 4 members (excludes halogenated alkanes) is 3. The first-order valence-electron chi connectivity index (χ1n) is 4.10. The Morgan fingerprint density at radius 1 is 1.20 bits per heavy atom. The van der Waals surface area contributed by atoms with Crippen molar-refractivity contribution in [1.29, 1.82) is 0 Å². The van der Waals surface area contributed by atoms with Gasteiger partial charge in [0, 0.05) is 13.3 Å². The Balaban J connectivity index is 0. The monoisotopic (exact) mass is 153 g/mol. The van der Waals surface area contributed by atoms with Crippen LogP contribution in [-0.2, 0) is 5.48 Å². The molecule has 0 aliphatic carbocycles. The lowest BCUT2D eigenvalue weighted by molar-refractivity contribution is 0.624. The Morgan fingerprint density at radius 2 is 1.80 bits per heavy atom. The summed E-state index contributed by atoms with van der Waals surface area (Å²) in [6.07, 6.45) is 7.10. The highest BCUT2D eigenvalue weighted by Gasteiger charge is 2.34. The Morgan fingerprint density at radius 3 is 2.20 bits per heavy atom. The van der Waals surface area contributed by atoms with E-state index in [1.807, 2.05) is 0 Å². The van der Waals surface area contributed by atoms with E-state index in [2.05, 4.69) is 35.6 Å². The van der Waals surface area contributed by atoms with E-state index in [0.29, 0.717) is 0 Å². The largest absolute Gasteiger partial charge is 2.00 e. The van der Waals surface area contributed by atoms with Crippen LogP contribution < -0.4 is 0 Å². The summed E-state index contributed by atoms with van der Waals surface area (Å²) >= 11 is 2.12. The topological polar surface area (TPSA) is 28.5 Å². The van der Waals surface area contributed by atoms with Crippen LogP contribution in [0.4, 0.5) is 0 Å². The van der Waals surface area contributed by atoms with Crippen molar-refractivity contribution in [1.82, 2.24) is 0 Å². The molecule has 0 fully saturated rings. The minimum atomic E-state index is 0. The summed E-state index contributed by atoms with van der Waals surface area (Å²) in [5, 5.41) is 0. The summed E-state index contributed by atoms with van der Waals surface area (Å²) in [6.45, 7) is 4.57. The quantitative estimate of drug-likeness (QED) is 0.429. The van der Waals surface area contributed by atoms with Gasteiger partial charge in [-0.25, -0.2) is 0 Å². The first-order chi connectivity index (χ1) is 4.27. The van der Waals surface area contributed by atoms with Crippen molar-refractivity contribution in [3.63, 3.8) is 0 Å². The van der Waals surface area contributed by atoms with E-state index in [1.54, 1.807) is 0 Å². The van der Waals surface area contributed by atoms with Gasteiger partial charge in [0.25, 0.3) is 4.05 Å². The normalized spacial score (nSPS) is 12.3. The lowest BCUT2D eigenvalue weighted by atomic mass is 10.1. The summed E-state index contributed by atoms with van der Waals surface area (Å²) in [5.41, 5.74) is 0. The minimum Gasteiger partial charge on any atom is -2.00 e. The highest BCUT2D eigenvalue weighted by atomic mass is 24.4. The van der Waals surface area contributed by atoms with Crippen LogP contribution in [0.3, 0.4) is 0 Å². The second-order valence-corrected chi connectivity index (χ2v) is 4.35. The molecule has 1 atom stereocenters. The van der Waals surface area contributed by atoms with Gasteiger partial charge in [-0.15, -0.1) is 0 Å². The molecule has 0 aliphatic rings. The lowest BCUT2D eigenvalue weighted by Gasteiger charge is -2.00. The van der Waals surface area contributed by atoms with Crippen LogP contribution in [0.25, 0.3) is 0 Å². The Bertz CT molecular complexity index is 55.2. The predicted molar refractivity (Wildman–Crippen MR) is 44.6 cm³/mol. The predicted octanol–water partition coefficient (Wildman–Crippen LogP) is 2.81. The molecule has 0 bridgehead atoms. The van der Waals surface area contributed by atoms with Gasteiger partial charge in [-0.3, -0.25) is 0 Å². The fraction of sp³-hybridized carbons (Fsp3) is 1.00. The second kappa shape index (κ2) is 9.73. The highest BCUT2D eigenvalue weighted by Crippen LogP contribution is 2.10. The van der Waals surface area contributed by atoms with E-state index < -0.39 is 0 Å². The smallest absolute Gasteiger partial charge is 1.42 e. The third-order valence-corrected chi connectivity index (χ3v) is 1.96. The number of hydrogen-bond acceptors (Lipinski definition) is 0. The van der Waals surface area contributed by atoms with Crippen LogP contribution in [0, 0.1) is 0 Å². The fourth-order valence-corrected chi connectivity index (χ4v) is 1.21. The molecular weight excluding hydrogens is 136 g/mol. The zero-order chi connectivity index (χ0) is 7.11. The molecule has 0 N–H and O–H groups in total. The second-order valence-electron chi connectivity index (χ2n) is 2.95. The molecule has 2 heteroatoms. The summed E-state index contributed by atoms with van der Waals surface area (Å²) in [6, 6.07) is 0. The molecule has 0 rings (SSSR count). The Kier molecular flexibility index (Phi) is 13.0. The SMILES string of the molecule is CCCCCC[CH](C)[Mg+2].[O-2]. The van der Waals surface area contributed by atoms with E-state index in [9.17, 15) is 0 Å². The highest BCUT2D eigenvalue weighted by molar-refractivity contribution is 6.11. The van der Waals surface area contributed by atoms with Gasteiger partial charge in [0.1, 0.15) is 0 Å². The molecule has 0 aromatic carbocycles. The van der Waals surface area contributed by atoms with E-state index in [1.165, 1.54) is 32.1 Å². The Hall–Kier alpha value is 0.726. The average Bonchev–Trinajstić information content (AvgIpc) is 1.80. The molecule has 0 aliphatic heterocycles. The van der Waals surface area contributed by atoms with Gasteiger partial charge < -0.3 is 5.48 Å². The van der Waals surface area contributed by atoms with Crippen LogP contribution in [0.15, 0.2) is 0 Å². The summed E-state index contributed by atoms with van der Waals surface area (Å²) in [4.78, 5) is 0. The molecule has 0 saturated heterocycles. The van der Waals surface area contributed by atoms with Crippen molar-refractivity contribution in [3.05, 3.63) is 0 Å². The van der Waals surface area contributed by atoms with Crippen molar-refractivity contribution in [2.75, 3.05) is 0 Å². The number of rotatable bonds is 5. The molecule has 0 spiro atoms. The van der Waals surface area contributed by atoms with Crippen LogP contribution in [0.5, 0.6) is 0 Å². The van der Waals surface area contributed by atoms with E-state index >= 15 is 0 Å². The van der Waals surface area contributed by atoms with Crippen LogP contribution in [-0.4, -0.2) is 21.7 Å². The van der Waals surface area contributed by atoms with E-state index in [4.69, 9.17) is 0 Å². The van der Waals surface area contributed by atoms with Gasteiger partial charge in [0.2, 0.25) is 0 Å². The third-order valence-electron chi connectivity index (χ3n) is 1.55. The molecule has 7 radical (unpaired) electrons. The van der Waals surface area contributed by atoms with E-state index in [-0.39, 0.29) is 5.48 Å². The summed E-state index contributed by atoms with van der Waals surface area (Å²) in [5.74, 6) is 0.